The number of amides is 6. The van der Waals surface area contributed by atoms with Crippen molar-refractivity contribution in [3.63, 3.8) is 0 Å². The van der Waals surface area contributed by atoms with Crippen LogP contribution in [-0.4, -0.2) is 162 Å². The van der Waals surface area contributed by atoms with Gasteiger partial charge in [-0.3, -0.25) is 33.8 Å². The second-order valence-corrected chi connectivity index (χ2v) is 19.6. The van der Waals surface area contributed by atoms with Crippen molar-refractivity contribution in [3.8, 4) is 0 Å². The molecule has 2 aromatic heterocycles. The lowest BCUT2D eigenvalue weighted by Crippen LogP contribution is -2.59. The molecule has 6 atom stereocenters. The molecule has 0 spiro atoms. The summed E-state index contributed by atoms with van der Waals surface area (Å²) >= 11 is 0. The number of likely N-dealkylation sites (tertiary alicyclic amines) is 2. The molecule has 3 aromatic rings. The summed E-state index contributed by atoms with van der Waals surface area (Å²) in [4.78, 5) is 96.5. The van der Waals surface area contributed by atoms with Crippen molar-refractivity contribution in [2.24, 2.45) is 11.8 Å². The Bertz CT molecular complexity index is 2370. The number of carbonyl (C=O) groups excluding carboxylic acids is 6. The second-order valence-electron chi connectivity index (χ2n) is 19.6. The lowest BCUT2D eigenvalue weighted by Gasteiger charge is -2.45. The molecule has 2 saturated carbocycles. The van der Waals surface area contributed by atoms with E-state index in [9.17, 15) is 41.9 Å². The van der Waals surface area contributed by atoms with Crippen LogP contribution in [0.2, 0.25) is 0 Å². The van der Waals surface area contributed by atoms with Crippen LogP contribution in [0.15, 0.2) is 49.1 Å². The zero-order valence-electron chi connectivity index (χ0n) is 41.4. The first kappa shape index (κ1) is 53.8. The first-order chi connectivity index (χ1) is 34.5. The van der Waals surface area contributed by atoms with Crippen molar-refractivity contribution in [1.29, 1.82) is 0 Å². The highest BCUT2D eigenvalue weighted by Crippen LogP contribution is 2.38. The maximum absolute atomic E-state index is 14.1. The Kier molecular flexibility index (Phi) is 18.4. The number of anilines is 1. The average Bonchev–Trinajstić information content (AvgIpc) is 3.88. The number of benzene rings is 1. The molecule has 2 saturated heterocycles. The molecule has 392 valence electrons. The van der Waals surface area contributed by atoms with E-state index in [1.54, 1.807) is 30.4 Å². The molecule has 4 heterocycles. The van der Waals surface area contributed by atoms with Gasteiger partial charge in [-0.1, -0.05) is 6.07 Å². The first-order valence-electron chi connectivity index (χ1n) is 25.0. The van der Waals surface area contributed by atoms with E-state index in [1.807, 2.05) is 11.0 Å². The molecule has 7 rings (SSSR count). The topological polar surface area (TPSA) is 229 Å². The van der Waals surface area contributed by atoms with Crippen molar-refractivity contribution in [1.82, 2.24) is 50.9 Å². The number of aromatic nitrogens is 3. The number of halogens is 3. The van der Waals surface area contributed by atoms with E-state index in [2.05, 4.69) is 67.3 Å². The van der Waals surface area contributed by atoms with Gasteiger partial charge in [-0.25, -0.2) is 9.97 Å². The van der Waals surface area contributed by atoms with Gasteiger partial charge in [0.25, 0.3) is 0 Å². The Morgan fingerprint density at radius 2 is 1.65 bits per heavy atom. The van der Waals surface area contributed by atoms with Gasteiger partial charge in [0.1, 0.15) is 24.8 Å². The normalized spacial score (nSPS) is 24.7. The molecule has 0 radical (unpaired) electrons. The summed E-state index contributed by atoms with van der Waals surface area (Å²) in [5, 5.41) is 15.2. The van der Waals surface area contributed by atoms with Gasteiger partial charge >= 0.3 is 6.18 Å². The predicted molar refractivity (Wildman–Crippen MR) is 259 cm³/mol. The van der Waals surface area contributed by atoms with E-state index in [4.69, 9.17) is 9.47 Å². The fraction of sp³-hybridized carbons (Fsp3) is 0.620. The molecular weight excluding hydrogens is 940 g/mol. The number of pyridine rings is 1. The Balaban J connectivity index is 0.783. The minimum Gasteiger partial charge on any atom is -0.379 e. The van der Waals surface area contributed by atoms with Crippen LogP contribution in [-0.2, 0) is 44.4 Å². The van der Waals surface area contributed by atoms with Crippen LogP contribution >= 0.6 is 0 Å². The molecule has 4 fully saturated rings. The van der Waals surface area contributed by atoms with Gasteiger partial charge in [-0.05, 0) is 102 Å². The number of fused-ring (bicyclic) bond motifs is 1. The van der Waals surface area contributed by atoms with Gasteiger partial charge < -0.3 is 50.8 Å². The molecule has 1 aromatic carbocycles. The molecular formula is C50H68F3N11O8. The summed E-state index contributed by atoms with van der Waals surface area (Å²) < 4.78 is 51.7. The standard InChI is InChI=1S/C50H68F3N11O8/c1-30(2)62(3)35-12-14-41(64-20-15-39(49(64)70)60-46-36-24-33(50(51,52)53)9-13-38(36)57-29-58-46)40(25-35)61-47(68)31-7-10-34(11-8-31)59-42(65)16-21-71-22-18-55-43(66)28-72-23-19-56-48(69)37-26-44(67)63(4)45(37)32-6-5-17-54-27-32/h5-6,9,13,17,24,27,29-31,34-35,37,39-41,45H,7-8,10-12,14-16,18-23,25-26,28H2,1-4H3,(H,55,66)(H,56,69)(H,59,65)(H,61,68)(H,57,58,60)/t31?,34?,35-,37+,39+,40-,41+,45-/m1/s1. The Hall–Kier alpha value is -6.00. The summed E-state index contributed by atoms with van der Waals surface area (Å²) in [6, 6.07) is 5.53. The SMILES string of the molecule is CC(C)N(C)[C@@H]1CC[C@H](N2CC[C@H](Nc3ncnc4ccc(C(F)(F)F)cc34)C2=O)[C@H](NC(=O)C2CCC(NC(=O)CCOCCNC(=O)COCCNC(=O)[C@H]3CC(=O)N(C)[C@@H]3c3cccnc3)CC2)C1. The maximum atomic E-state index is 14.1. The predicted octanol–water partition coefficient (Wildman–Crippen LogP) is 3.35. The highest BCUT2D eigenvalue weighted by Gasteiger charge is 2.45. The summed E-state index contributed by atoms with van der Waals surface area (Å²) in [5.41, 5.74) is 0.272. The molecule has 72 heavy (non-hydrogen) atoms. The van der Waals surface area contributed by atoms with Crippen molar-refractivity contribution < 1.29 is 51.4 Å². The summed E-state index contributed by atoms with van der Waals surface area (Å²) in [6.07, 6.45) is 5.21. The van der Waals surface area contributed by atoms with Gasteiger partial charge in [0.15, 0.2) is 0 Å². The molecule has 19 nitrogen and oxygen atoms in total. The van der Waals surface area contributed by atoms with Gasteiger partial charge in [-0.15, -0.1) is 0 Å². The Morgan fingerprint density at radius 3 is 2.39 bits per heavy atom. The average molecular weight is 1010 g/mol. The molecule has 5 N–H and O–H groups in total. The fourth-order valence-electron chi connectivity index (χ4n) is 10.5. The number of carbonyl (C=O) groups is 6. The van der Waals surface area contributed by atoms with Gasteiger partial charge in [0.05, 0.1) is 54.9 Å². The molecule has 22 heteroatoms. The lowest BCUT2D eigenvalue weighted by atomic mass is 9.82. The van der Waals surface area contributed by atoms with E-state index >= 15 is 0 Å². The smallest absolute Gasteiger partial charge is 0.379 e. The highest BCUT2D eigenvalue weighted by atomic mass is 19.4. The number of hydrogen-bond donors (Lipinski definition) is 5. The van der Waals surface area contributed by atoms with Crippen LogP contribution in [0, 0.1) is 11.8 Å². The van der Waals surface area contributed by atoms with Crippen LogP contribution in [0.3, 0.4) is 0 Å². The third-order valence-electron chi connectivity index (χ3n) is 14.7. The monoisotopic (exact) mass is 1010 g/mol. The number of hydrogen-bond acceptors (Lipinski definition) is 13. The molecule has 2 aliphatic heterocycles. The number of ether oxygens (including phenoxy) is 2. The van der Waals surface area contributed by atoms with E-state index in [0.29, 0.717) is 57.0 Å². The third-order valence-corrected chi connectivity index (χ3v) is 14.7. The zero-order valence-corrected chi connectivity index (χ0v) is 41.4. The number of rotatable bonds is 21. The maximum Gasteiger partial charge on any atom is 0.416 e. The largest absolute Gasteiger partial charge is 0.416 e. The number of alkyl halides is 3. The van der Waals surface area contributed by atoms with Crippen molar-refractivity contribution in [3.05, 3.63) is 60.2 Å². The fourth-order valence-corrected chi connectivity index (χ4v) is 10.5. The Morgan fingerprint density at radius 1 is 0.889 bits per heavy atom. The molecule has 6 amide bonds. The van der Waals surface area contributed by atoms with E-state index < -0.39 is 29.7 Å². The van der Waals surface area contributed by atoms with E-state index in [-0.39, 0.29) is 135 Å². The van der Waals surface area contributed by atoms with Crippen LogP contribution in [0.5, 0.6) is 0 Å². The van der Waals surface area contributed by atoms with Gasteiger partial charge in [0.2, 0.25) is 35.4 Å². The van der Waals surface area contributed by atoms with Crippen molar-refractivity contribution >= 4 is 52.2 Å². The summed E-state index contributed by atoms with van der Waals surface area (Å²) in [5.74, 6) is -1.85. The minimum absolute atomic E-state index is 0.0734. The van der Waals surface area contributed by atoms with E-state index in [1.165, 1.54) is 12.4 Å². The quantitative estimate of drug-likeness (QED) is 0.0967. The second kappa shape index (κ2) is 24.6. The number of nitrogens with zero attached hydrogens (tertiary/aromatic N) is 6. The highest BCUT2D eigenvalue weighted by molar-refractivity contribution is 5.93. The van der Waals surface area contributed by atoms with Crippen molar-refractivity contribution in [2.75, 3.05) is 65.5 Å². The van der Waals surface area contributed by atoms with Crippen LogP contribution in [0.4, 0.5) is 19.0 Å². The van der Waals surface area contributed by atoms with Crippen LogP contribution < -0.4 is 26.6 Å². The Labute approximate surface area is 417 Å². The van der Waals surface area contributed by atoms with Crippen LogP contribution in [0.25, 0.3) is 10.9 Å². The van der Waals surface area contributed by atoms with Crippen molar-refractivity contribution in [2.45, 2.75) is 127 Å². The molecule has 0 unspecified atom stereocenters. The third kappa shape index (κ3) is 13.7. The van der Waals surface area contributed by atoms with E-state index in [0.717, 1.165) is 24.1 Å². The first-order valence-corrected chi connectivity index (χ1v) is 25.0. The zero-order chi connectivity index (χ0) is 51.5. The summed E-state index contributed by atoms with van der Waals surface area (Å²) in [6.45, 7) is 5.29. The summed E-state index contributed by atoms with van der Waals surface area (Å²) in [7, 11) is 3.74. The van der Waals surface area contributed by atoms with Gasteiger partial charge in [0, 0.05) is 81.3 Å². The lowest BCUT2D eigenvalue weighted by molar-refractivity contribution is -0.137. The molecule has 4 aliphatic rings. The van der Waals surface area contributed by atoms with Gasteiger partial charge in [-0.2, -0.15) is 13.2 Å². The van der Waals surface area contributed by atoms with Crippen LogP contribution in [0.1, 0.15) is 95.2 Å². The number of nitrogens with one attached hydrogen (secondary N) is 5. The minimum atomic E-state index is -4.56. The molecule has 0 bridgehead atoms. The molecule has 2 aliphatic carbocycles.